The van der Waals surface area contributed by atoms with E-state index in [9.17, 15) is 17.2 Å². The largest absolute Gasteiger partial charge is 0.367 e. The predicted molar refractivity (Wildman–Crippen MR) is 137 cm³/mol. The highest BCUT2D eigenvalue weighted by Gasteiger charge is 2.25. The number of benzene rings is 1. The molecule has 0 atom stereocenters. The topological polar surface area (TPSA) is 117 Å². The van der Waals surface area contributed by atoms with Crippen LogP contribution in [-0.2, 0) is 16.4 Å². The molecule has 4 aromatic rings. The highest BCUT2D eigenvalue weighted by atomic mass is 32.2. The quantitative estimate of drug-likeness (QED) is 0.371. The van der Waals surface area contributed by atoms with Crippen LogP contribution in [0.4, 0.5) is 14.6 Å². The Kier molecular flexibility index (Phi) is 6.86. The lowest BCUT2D eigenvalue weighted by Crippen LogP contribution is -2.41. The van der Waals surface area contributed by atoms with Gasteiger partial charge in [-0.15, -0.1) is 0 Å². The summed E-state index contributed by atoms with van der Waals surface area (Å²) in [6.07, 6.45) is 7.07. The second-order valence-corrected chi connectivity index (χ2v) is 11.2. The number of aromatic nitrogens is 5. The fraction of sp³-hybridized carbons (Fsp3) is 0.360. The molecule has 0 bridgehead atoms. The molecule has 9 nitrogen and oxygen atoms in total. The van der Waals surface area contributed by atoms with Crippen LogP contribution in [0.15, 0.2) is 36.7 Å². The van der Waals surface area contributed by atoms with Gasteiger partial charge in [-0.05, 0) is 49.1 Å². The van der Waals surface area contributed by atoms with Crippen LogP contribution in [-0.4, -0.2) is 63.3 Å². The van der Waals surface area contributed by atoms with Crippen LogP contribution in [0.2, 0.25) is 0 Å². The molecule has 1 saturated heterocycles. The zero-order valence-corrected chi connectivity index (χ0v) is 21.3. The molecule has 3 aromatic heterocycles. The fourth-order valence-corrected chi connectivity index (χ4v) is 5.44. The molecule has 1 aromatic carbocycles. The summed E-state index contributed by atoms with van der Waals surface area (Å²) >= 11 is 0. The fourth-order valence-electron chi connectivity index (χ4n) is 4.57. The van der Waals surface area contributed by atoms with Crippen molar-refractivity contribution in [3.63, 3.8) is 0 Å². The van der Waals surface area contributed by atoms with E-state index in [4.69, 9.17) is 0 Å². The molecule has 0 spiro atoms. The first-order valence-corrected chi connectivity index (χ1v) is 13.9. The number of sulfonamides is 1. The second-order valence-electron chi connectivity index (χ2n) is 9.23. The summed E-state index contributed by atoms with van der Waals surface area (Å²) in [5.74, 6) is -0.799. The Morgan fingerprint density at radius 2 is 1.84 bits per heavy atom. The maximum absolute atomic E-state index is 14.8. The van der Waals surface area contributed by atoms with Crippen molar-refractivity contribution in [2.24, 2.45) is 0 Å². The Hall–Kier alpha value is -3.51. The lowest BCUT2D eigenvalue weighted by molar-refractivity contribution is 0.331. The summed E-state index contributed by atoms with van der Waals surface area (Å²) in [4.78, 5) is 13.1. The van der Waals surface area contributed by atoms with Gasteiger partial charge >= 0.3 is 0 Å². The number of aryl methyl sites for hydroxylation is 1. The van der Waals surface area contributed by atoms with E-state index in [2.05, 4.69) is 30.5 Å². The summed E-state index contributed by atoms with van der Waals surface area (Å²) < 4.78 is 54.5. The lowest BCUT2D eigenvalue weighted by Gasteiger charge is -2.30. The van der Waals surface area contributed by atoms with Gasteiger partial charge in [-0.25, -0.2) is 36.5 Å². The number of rotatable bonds is 7. The van der Waals surface area contributed by atoms with Crippen molar-refractivity contribution < 1.29 is 17.2 Å². The van der Waals surface area contributed by atoms with Crippen molar-refractivity contribution in [3.05, 3.63) is 53.9 Å². The number of anilines is 1. The number of fused-ring (bicyclic) bond motifs is 1. The molecule has 0 saturated carbocycles. The average Bonchev–Trinajstić information content (AvgIpc) is 3.28. The normalized spacial score (nSPS) is 15.4. The molecular weight excluding hydrogens is 500 g/mol. The molecule has 0 aliphatic carbocycles. The van der Waals surface area contributed by atoms with Crippen LogP contribution < -0.4 is 5.32 Å². The van der Waals surface area contributed by atoms with E-state index in [0.717, 1.165) is 6.42 Å². The molecule has 0 radical (unpaired) electrons. The summed E-state index contributed by atoms with van der Waals surface area (Å²) in [5, 5.41) is 10.5. The minimum atomic E-state index is -3.17. The third-order valence-corrected chi connectivity index (χ3v) is 7.78. The highest BCUT2D eigenvalue weighted by Crippen LogP contribution is 2.30. The van der Waals surface area contributed by atoms with E-state index in [-0.39, 0.29) is 17.4 Å². The minimum Gasteiger partial charge on any atom is -0.367 e. The number of pyridine rings is 1. The Labute approximate surface area is 213 Å². The van der Waals surface area contributed by atoms with Gasteiger partial charge in [0.05, 0.1) is 18.0 Å². The van der Waals surface area contributed by atoms with E-state index < -0.39 is 21.7 Å². The van der Waals surface area contributed by atoms with E-state index >= 15 is 0 Å². The van der Waals surface area contributed by atoms with Gasteiger partial charge in [-0.3, -0.25) is 5.10 Å². The van der Waals surface area contributed by atoms with Crippen LogP contribution in [0, 0.1) is 11.6 Å². The molecule has 37 heavy (non-hydrogen) atoms. The maximum Gasteiger partial charge on any atom is 0.211 e. The number of hydrogen-bond acceptors (Lipinski definition) is 7. The van der Waals surface area contributed by atoms with Crippen LogP contribution >= 0.6 is 0 Å². The molecule has 12 heteroatoms. The van der Waals surface area contributed by atoms with Crippen molar-refractivity contribution in [1.29, 1.82) is 0 Å². The molecule has 194 valence electrons. The van der Waals surface area contributed by atoms with Gasteiger partial charge < -0.3 is 5.32 Å². The molecule has 0 unspecified atom stereocenters. The number of nitrogens with one attached hydrogen (secondary N) is 2. The van der Waals surface area contributed by atoms with Crippen molar-refractivity contribution in [1.82, 2.24) is 29.5 Å². The van der Waals surface area contributed by atoms with Gasteiger partial charge in [-0.1, -0.05) is 13.3 Å². The predicted octanol–water partition coefficient (Wildman–Crippen LogP) is 4.15. The summed E-state index contributed by atoms with van der Waals surface area (Å²) in [6, 6.07) is 6.41. The molecule has 4 heterocycles. The zero-order chi connectivity index (χ0) is 26.2. The first-order chi connectivity index (χ1) is 17.7. The Morgan fingerprint density at radius 1 is 1.11 bits per heavy atom. The van der Waals surface area contributed by atoms with Crippen molar-refractivity contribution in [3.8, 4) is 22.6 Å². The minimum absolute atomic E-state index is 0.0557. The van der Waals surface area contributed by atoms with Gasteiger partial charge in [0.25, 0.3) is 0 Å². The highest BCUT2D eigenvalue weighted by molar-refractivity contribution is 7.88. The number of nitrogens with zero attached hydrogens (tertiary/aromatic N) is 5. The summed E-state index contributed by atoms with van der Waals surface area (Å²) in [5.41, 5.74) is 2.44. The molecular formula is C25H27F2N7O2S. The van der Waals surface area contributed by atoms with E-state index in [1.54, 1.807) is 6.20 Å². The molecule has 0 amide bonds. The summed E-state index contributed by atoms with van der Waals surface area (Å²) in [7, 11) is -3.17. The molecule has 1 fully saturated rings. The van der Waals surface area contributed by atoms with Crippen molar-refractivity contribution in [2.75, 3.05) is 24.7 Å². The van der Waals surface area contributed by atoms with Crippen LogP contribution in [0.25, 0.3) is 33.7 Å². The van der Waals surface area contributed by atoms with E-state index in [1.807, 2.05) is 19.1 Å². The van der Waals surface area contributed by atoms with E-state index in [0.29, 0.717) is 66.0 Å². The number of aromatic amines is 1. The van der Waals surface area contributed by atoms with Crippen LogP contribution in [0.5, 0.6) is 0 Å². The molecule has 5 rings (SSSR count). The number of hydrogen-bond donors (Lipinski definition) is 2. The third-order valence-electron chi connectivity index (χ3n) is 6.48. The molecule has 1 aliphatic rings. The maximum atomic E-state index is 14.8. The lowest BCUT2D eigenvalue weighted by atomic mass is 10.1. The van der Waals surface area contributed by atoms with Gasteiger partial charge in [0.2, 0.25) is 10.0 Å². The van der Waals surface area contributed by atoms with Crippen molar-refractivity contribution >= 4 is 26.9 Å². The number of H-pyrrole nitrogens is 1. The zero-order valence-electron chi connectivity index (χ0n) is 20.5. The summed E-state index contributed by atoms with van der Waals surface area (Å²) in [6.45, 7) is 2.89. The SMILES string of the molecule is CCCc1cc(F)c(-c2ncc3[nH]nc(-c4ccc(NC5CCN(S(C)(=O)=O)CC5)nc4)c3n2)c(F)c1. The Balaban J connectivity index is 1.37. The van der Waals surface area contributed by atoms with Crippen LogP contribution in [0.1, 0.15) is 31.7 Å². The number of piperidine rings is 1. The van der Waals surface area contributed by atoms with Gasteiger partial charge in [-0.2, -0.15) is 5.10 Å². The Morgan fingerprint density at radius 3 is 2.46 bits per heavy atom. The average molecular weight is 528 g/mol. The first kappa shape index (κ1) is 25.2. The smallest absolute Gasteiger partial charge is 0.211 e. The standard InChI is InChI=1S/C25H27F2N7O2S/c1-3-4-15-11-18(26)22(19(27)12-15)25-29-14-20-24(31-25)23(33-32-20)16-5-6-21(28-13-16)30-17-7-9-34(10-8-17)37(2,35)36/h5-6,11-14,17H,3-4,7-10H2,1-2H3,(H,28,30)(H,32,33). The van der Waals surface area contributed by atoms with Gasteiger partial charge in [0.15, 0.2) is 5.82 Å². The van der Waals surface area contributed by atoms with E-state index in [1.165, 1.54) is 28.9 Å². The Bertz CT molecular complexity index is 1510. The van der Waals surface area contributed by atoms with Crippen LogP contribution in [0.3, 0.4) is 0 Å². The monoisotopic (exact) mass is 527 g/mol. The second kappa shape index (κ2) is 10.1. The number of halogens is 2. The van der Waals surface area contributed by atoms with Crippen molar-refractivity contribution in [2.45, 2.75) is 38.6 Å². The molecule has 2 N–H and O–H groups in total. The van der Waals surface area contributed by atoms with Gasteiger partial charge in [0.1, 0.15) is 34.2 Å². The third kappa shape index (κ3) is 5.30. The molecule has 1 aliphatic heterocycles. The first-order valence-electron chi connectivity index (χ1n) is 12.1. The van der Waals surface area contributed by atoms with Gasteiger partial charge in [0, 0.05) is 30.9 Å².